The van der Waals surface area contributed by atoms with Gasteiger partial charge >= 0.3 is 29.6 Å². The molecule has 0 spiro atoms. The second-order valence-electron chi connectivity index (χ2n) is 5.34. The van der Waals surface area contributed by atoms with Crippen molar-refractivity contribution in [1.29, 1.82) is 0 Å². The van der Waals surface area contributed by atoms with Crippen LogP contribution in [0.2, 0.25) is 0 Å². The molecule has 0 unspecified atom stereocenters. The smallest absolute Gasteiger partial charge is 0.726 e. The minimum Gasteiger partial charge on any atom is -0.726 e. The third-order valence-corrected chi connectivity index (χ3v) is 5.09. The van der Waals surface area contributed by atoms with Crippen molar-refractivity contribution in [3.05, 3.63) is 30.3 Å². The van der Waals surface area contributed by atoms with Crippen molar-refractivity contribution < 1.29 is 66.5 Å². The molecule has 1 heterocycles. The summed E-state index contributed by atoms with van der Waals surface area (Å²) in [6.45, 7) is 0.533. The van der Waals surface area contributed by atoms with E-state index in [1.165, 1.54) is 18.7 Å². The first-order valence-corrected chi connectivity index (χ1v) is 9.50. The minimum absolute atomic E-state index is 0. The molecule has 1 amide bonds. The largest absolute Gasteiger partial charge is 1.00 e. The molecule has 1 aliphatic heterocycles. The summed E-state index contributed by atoms with van der Waals surface area (Å²) >= 11 is 1.17. The first-order chi connectivity index (χ1) is 11.7. The zero-order valence-corrected chi connectivity index (χ0v) is 17.8. The number of thioether (sulfide) groups is 1. The van der Waals surface area contributed by atoms with Crippen LogP contribution in [0.15, 0.2) is 35.2 Å². The van der Waals surface area contributed by atoms with Crippen molar-refractivity contribution in [1.82, 2.24) is 5.32 Å². The fourth-order valence-electron chi connectivity index (χ4n) is 2.44. The number of hydrogen-bond donors (Lipinski definition) is 3. The second-order valence-corrected chi connectivity index (χ2v) is 7.52. The van der Waals surface area contributed by atoms with Gasteiger partial charge in [0.15, 0.2) is 0 Å². The number of nitrogens with one attached hydrogen (secondary N) is 1. The number of aliphatic hydroxyl groups is 2. The van der Waals surface area contributed by atoms with Crippen molar-refractivity contribution in [2.45, 2.75) is 41.6 Å². The number of carbonyl (C=O) groups excluding carboxylic acids is 1. The van der Waals surface area contributed by atoms with Crippen LogP contribution in [-0.4, -0.2) is 65.5 Å². The van der Waals surface area contributed by atoms with Crippen molar-refractivity contribution in [3.8, 4) is 0 Å². The summed E-state index contributed by atoms with van der Waals surface area (Å²) in [6.07, 6.45) is -4.48. The van der Waals surface area contributed by atoms with Gasteiger partial charge in [0.25, 0.3) is 0 Å². The number of carbonyl (C=O) groups is 1. The van der Waals surface area contributed by atoms with Crippen LogP contribution in [0.1, 0.15) is 6.92 Å². The predicted octanol–water partition coefficient (Wildman–Crippen LogP) is -3.79. The zero-order chi connectivity index (χ0) is 18.6. The van der Waals surface area contributed by atoms with Crippen LogP contribution in [0, 0.1) is 0 Å². The molecule has 1 fully saturated rings. The molecule has 0 saturated carbocycles. The average molecular weight is 415 g/mol. The van der Waals surface area contributed by atoms with E-state index in [2.05, 4.69) is 9.50 Å². The molecule has 1 aromatic carbocycles. The van der Waals surface area contributed by atoms with E-state index in [0.29, 0.717) is 0 Å². The zero-order valence-electron chi connectivity index (χ0n) is 14.1. The molecular formula is C14H18NNaO8S2. The minimum atomic E-state index is -5.15. The van der Waals surface area contributed by atoms with Gasteiger partial charge in [-0.05, 0) is 12.1 Å². The van der Waals surface area contributed by atoms with Gasteiger partial charge in [0, 0.05) is 11.8 Å². The van der Waals surface area contributed by atoms with Crippen molar-refractivity contribution >= 4 is 28.1 Å². The quantitative estimate of drug-likeness (QED) is 0.242. The third-order valence-electron chi connectivity index (χ3n) is 3.45. The Hall–Kier alpha value is -0.210. The fourth-order valence-corrected chi connectivity index (χ4v) is 4.11. The molecular weight excluding hydrogens is 397 g/mol. The molecule has 1 aliphatic rings. The van der Waals surface area contributed by atoms with Crippen LogP contribution in [0.5, 0.6) is 0 Å². The van der Waals surface area contributed by atoms with E-state index in [4.69, 9.17) is 4.74 Å². The Morgan fingerprint density at radius 2 is 2.00 bits per heavy atom. The van der Waals surface area contributed by atoms with Crippen molar-refractivity contribution in [2.75, 3.05) is 6.61 Å². The van der Waals surface area contributed by atoms with E-state index >= 15 is 0 Å². The third kappa shape index (κ3) is 6.75. The van der Waals surface area contributed by atoms with Gasteiger partial charge in [0.1, 0.15) is 23.7 Å². The predicted molar refractivity (Wildman–Crippen MR) is 86.2 cm³/mol. The Bertz CT molecular complexity index is 689. The summed E-state index contributed by atoms with van der Waals surface area (Å²) in [7, 11) is -5.15. The van der Waals surface area contributed by atoms with Crippen LogP contribution < -0.4 is 34.9 Å². The van der Waals surface area contributed by atoms with E-state index in [9.17, 15) is 28.0 Å². The molecule has 5 atom stereocenters. The molecule has 3 N–H and O–H groups in total. The normalized spacial score (nSPS) is 28.8. The Labute approximate surface area is 177 Å². The topological polar surface area (TPSA) is 145 Å². The fraction of sp³-hybridized carbons (Fsp3) is 0.500. The Kier molecular flexibility index (Phi) is 9.50. The first-order valence-electron chi connectivity index (χ1n) is 7.28. The summed E-state index contributed by atoms with van der Waals surface area (Å²) in [5.74, 6) is -0.488. The summed E-state index contributed by atoms with van der Waals surface area (Å²) in [6, 6.07) is 7.89. The molecule has 1 aromatic rings. The maximum atomic E-state index is 11.4. The maximum absolute atomic E-state index is 11.4. The molecule has 9 nitrogen and oxygen atoms in total. The number of hydrogen-bond acceptors (Lipinski definition) is 9. The van der Waals surface area contributed by atoms with Crippen LogP contribution in [0.3, 0.4) is 0 Å². The van der Waals surface area contributed by atoms with E-state index in [0.717, 1.165) is 4.90 Å². The van der Waals surface area contributed by atoms with E-state index in [1.807, 2.05) is 6.07 Å². The maximum Gasteiger partial charge on any atom is 1.00 e. The van der Waals surface area contributed by atoms with E-state index < -0.39 is 52.7 Å². The Morgan fingerprint density at radius 1 is 1.38 bits per heavy atom. The molecule has 26 heavy (non-hydrogen) atoms. The molecule has 0 aliphatic carbocycles. The molecule has 0 radical (unpaired) electrons. The van der Waals surface area contributed by atoms with Crippen LogP contribution in [0.25, 0.3) is 0 Å². The van der Waals surface area contributed by atoms with Gasteiger partial charge in [0.05, 0.1) is 12.6 Å². The molecule has 0 aromatic heterocycles. The summed E-state index contributed by atoms with van der Waals surface area (Å²) < 4.78 is 42.6. The van der Waals surface area contributed by atoms with Gasteiger partial charge in [-0.3, -0.25) is 8.98 Å². The second kappa shape index (κ2) is 10.4. The van der Waals surface area contributed by atoms with Gasteiger partial charge in [-0.25, -0.2) is 8.42 Å². The molecule has 12 heteroatoms. The number of amides is 1. The molecule has 2 rings (SSSR count). The van der Waals surface area contributed by atoms with Crippen LogP contribution >= 0.6 is 11.8 Å². The van der Waals surface area contributed by atoms with Crippen molar-refractivity contribution in [2.24, 2.45) is 0 Å². The first kappa shape index (κ1) is 23.8. The van der Waals surface area contributed by atoms with Crippen molar-refractivity contribution in [3.63, 3.8) is 0 Å². The summed E-state index contributed by atoms with van der Waals surface area (Å²) in [4.78, 5) is 12.2. The Balaban J connectivity index is 0.00000338. The number of aliphatic hydroxyl groups excluding tert-OH is 2. The monoisotopic (exact) mass is 415 g/mol. The van der Waals surface area contributed by atoms with Gasteiger partial charge in [0.2, 0.25) is 16.3 Å². The van der Waals surface area contributed by atoms with Gasteiger partial charge < -0.3 is 24.8 Å². The SMILES string of the molecule is CC(=O)N[C@@H]1[C@@H](O)[C@@H](OS(=O)(=O)[O-])[C@@H](CO)O[C@H]1Sc1ccccc1.[Na+]. The summed E-state index contributed by atoms with van der Waals surface area (Å²) in [5, 5.41) is 22.3. The number of benzene rings is 1. The van der Waals surface area contributed by atoms with Gasteiger partial charge in [-0.2, -0.15) is 0 Å². The van der Waals surface area contributed by atoms with Crippen LogP contribution in [-0.2, 0) is 24.1 Å². The van der Waals surface area contributed by atoms with Crippen LogP contribution in [0.4, 0.5) is 0 Å². The average Bonchev–Trinajstić information content (AvgIpc) is 2.53. The molecule has 0 bridgehead atoms. The summed E-state index contributed by atoms with van der Waals surface area (Å²) in [5.41, 5.74) is -0.840. The molecule has 1 saturated heterocycles. The number of ether oxygens (including phenoxy) is 1. The van der Waals surface area contributed by atoms with E-state index in [-0.39, 0.29) is 29.6 Å². The standard InChI is InChI=1S/C14H19NO8S2.Na/c1-8(17)15-11-12(18)13(23-25(19,20)21)10(7-16)22-14(11)24-9-5-3-2-4-6-9;/h2-6,10-14,16,18H,7H2,1H3,(H,15,17)(H,19,20,21);/q;+1/p-1/t10-,11-,12-,13+,14+;/m1./s1. The number of rotatable bonds is 6. The molecule has 140 valence electrons. The van der Waals surface area contributed by atoms with E-state index in [1.54, 1.807) is 24.3 Å². The van der Waals surface area contributed by atoms with Gasteiger partial charge in [-0.15, -0.1) is 0 Å². The van der Waals surface area contributed by atoms with Gasteiger partial charge in [-0.1, -0.05) is 30.0 Å². The Morgan fingerprint density at radius 3 is 2.50 bits per heavy atom.